The first-order valence-corrected chi connectivity index (χ1v) is 10.0. The van der Waals surface area contributed by atoms with Crippen LogP contribution in [0.2, 0.25) is 0 Å². The van der Waals surface area contributed by atoms with Crippen LogP contribution in [0.5, 0.6) is 0 Å². The molecule has 0 aliphatic carbocycles. The molecule has 0 saturated carbocycles. The first-order chi connectivity index (χ1) is 14.1. The fraction of sp³-hybridized carbons (Fsp3) is 0.227. The molecule has 1 saturated heterocycles. The number of H-pyrrole nitrogens is 1. The van der Waals surface area contributed by atoms with Crippen molar-refractivity contribution in [2.24, 2.45) is 0 Å². The van der Waals surface area contributed by atoms with Crippen LogP contribution in [-0.4, -0.2) is 32.4 Å². The lowest BCUT2D eigenvalue weighted by molar-refractivity contribution is -0.116. The Kier molecular flexibility index (Phi) is 5.57. The topological polar surface area (TPSA) is 73.1 Å². The van der Waals surface area contributed by atoms with E-state index in [1.807, 2.05) is 67.7 Å². The zero-order valence-electron chi connectivity index (χ0n) is 16.1. The van der Waals surface area contributed by atoms with Gasteiger partial charge >= 0.3 is 0 Å². The summed E-state index contributed by atoms with van der Waals surface area (Å²) < 4.78 is 0. The van der Waals surface area contributed by atoms with Gasteiger partial charge in [0.05, 0.1) is 17.8 Å². The number of rotatable bonds is 6. The SMILES string of the molecule is Cc1cccc(NC(=O)CCN2C(=S)N[C@@H](c3ccccn3)[C@H]2c2ccc[nH]2)c1. The highest BCUT2D eigenvalue weighted by Crippen LogP contribution is 2.37. The molecule has 0 bridgehead atoms. The predicted molar refractivity (Wildman–Crippen MR) is 117 cm³/mol. The van der Waals surface area contributed by atoms with Crippen molar-refractivity contribution in [3.8, 4) is 0 Å². The van der Waals surface area contributed by atoms with E-state index in [2.05, 4.69) is 25.5 Å². The molecular formula is C22H23N5OS. The second kappa shape index (κ2) is 8.45. The van der Waals surface area contributed by atoms with Crippen molar-refractivity contribution < 1.29 is 4.79 Å². The first-order valence-electron chi connectivity index (χ1n) is 9.60. The quantitative estimate of drug-likeness (QED) is 0.545. The number of nitrogens with one attached hydrogen (secondary N) is 3. The van der Waals surface area contributed by atoms with Crippen molar-refractivity contribution in [2.45, 2.75) is 25.4 Å². The summed E-state index contributed by atoms with van der Waals surface area (Å²) in [7, 11) is 0. The number of pyridine rings is 1. The Hall–Kier alpha value is -3.19. The summed E-state index contributed by atoms with van der Waals surface area (Å²) in [5, 5.41) is 6.98. The van der Waals surface area contributed by atoms with E-state index in [9.17, 15) is 4.79 Å². The Morgan fingerprint density at radius 1 is 1.21 bits per heavy atom. The van der Waals surface area contributed by atoms with E-state index < -0.39 is 0 Å². The van der Waals surface area contributed by atoms with Gasteiger partial charge in [0.25, 0.3) is 0 Å². The van der Waals surface area contributed by atoms with E-state index in [1.54, 1.807) is 6.20 Å². The molecule has 1 aliphatic heterocycles. The lowest BCUT2D eigenvalue weighted by Crippen LogP contribution is -2.32. The minimum Gasteiger partial charge on any atom is -0.363 e. The number of carbonyl (C=O) groups is 1. The zero-order valence-corrected chi connectivity index (χ0v) is 16.9. The molecule has 0 radical (unpaired) electrons. The normalized spacial score (nSPS) is 18.5. The second-order valence-electron chi connectivity index (χ2n) is 7.11. The molecule has 148 valence electrons. The standard InChI is InChI=1S/C22H23N5OS/c1-15-6-4-7-16(14-15)25-19(28)10-13-27-21(18-9-5-12-24-18)20(26-22(27)29)17-8-2-3-11-23-17/h2-9,11-12,14,20-21,24H,10,13H2,1H3,(H,25,28)(H,26,29)/t20-,21+/m0/s1. The molecule has 4 rings (SSSR count). The van der Waals surface area contributed by atoms with Gasteiger partial charge in [-0.15, -0.1) is 0 Å². The highest BCUT2D eigenvalue weighted by molar-refractivity contribution is 7.80. The van der Waals surface area contributed by atoms with Gasteiger partial charge < -0.3 is 20.5 Å². The average Bonchev–Trinajstić information content (AvgIpc) is 3.35. The van der Waals surface area contributed by atoms with Crippen LogP contribution >= 0.6 is 12.2 Å². The van der Waals surface area contributed by atoms with Gasteiger partial charge in [0.2, 0.25) is 5.91 Å². The third-order valence-corrected chi connectivity index (χ3v) is 5.37. The summed E-state index contributed by atoms with van der Waals surface area (Å²) in [6.07, 6.45) is 4.01. The lowest BCUT2D eigenvalue weighted by Gasteiger charge is -2.26. The first kappa shape index (κ1) is 19.1. The molecule has 0 spiro atoms. The second-order valence-corrected chi connectivity index (χ2v) is 7.50. The highest BCUT2D eigenvalue weighted by Gasteiger charge is 2.40. The number of aromatic nitrogens is 2. The van der Waals surface area contributed by atoms with Gasteiger partial charge in [0.15, 0.2) is 5.11 Å². The van der Waals surface area contributed by atoms with E-state index in [0.717, 1.165) is 22.6 Å². The van der Waals surface area contributed by atoms with Crippen LogP contribution in [-0.2, 0) is 4.79 Å². The van der Waals surface area contributed by atoms with Crippen molar-refractivity contribution in [2.75, 3.05) is 11.9 Å². The van der Waals surface area contributed by atoms with Crippen molar-refractivity contribution in [3.63, 3.8) is 0 Å². The van der Waals surface area contributed by atoms with Crippen LogP contribution in [0.3, 0.4) is 0 Å². The fourth-order valence-corrected chi connectivity index (χ4v) is 4.01. The summed E-state index contributed by atoms with van der Waals surface area (Å²) in [4.78, 5) is 22.4. The Bertz CT molecular complexity index is 989. The molecule has 2 atom stereocenters. The molecule has 1 amide bonds. The van der Waals surface area contributed by atoms with E-state index in [0.29, 0.717) is 18.1 Å². The smallest absolute Gasteiger partial charge is 0.226 e. The van der Waals surface area contributed by atoms with Crippen LogP contribution in [0.25, 0.3) is 0 Å². The molecule has 3 heterocycles. The number of amides is 1. The molecule has 1 aromatic carbocycles. The molecule has 3 aromatic rings. The van der Waals surface area contributed by atoms with Gasteiger partial charge in [0, 0.05) is 36.7 Å². The summed E-state index contributed by atoms with van der Waals surface area (Å²) in [5.74, 6) is -0.0371. The van der Waals surface area contributed by atoms with Crippen LogP contribution in [0.15, 0.2) is 67.0 Å². The number of hydrogen-bond acceptors (Lipinski definition) is 3. The molecule has 6 nitrogen and oxygen atoms in total. The minimum atomic E-state index is -0.0813. The van der Waals surface area contributed by atoms with Gasteiger partial charge in [-0.1, -0.05) is 18.2 Å². The maximum absolute atomic E-state index is 12.5. The largest absolute Gasteiger partial charge is 0.363 e. The number of nitrogens with zero attached hydrogens (tertiary/aromatic N) is 2. The molecule has 3 N–H and O–H groups in total. The zero-order chi connectivity index (χ0) is 20.2. The lowest BCUT2D eigenvalue weighted by atomic mass is 10.0. The minimum absolute atomic E-state index is 0.0371. The molecule has 1 aliphatic rings. The third kappa shape index (κ3) is 4.30. The third-order valence-electron chi connectivity index (χ3n) is 5.02. The van der Waals surface area contributed by atoms with E-state index in [1.165, 1.54) is 0 Å². The van der Waals surface area contributed by atoms with Gasteiger partial charge in [0.1, 0.15) is 0 Å². The summed E-state index contributed by atoms with van der Waals surface area (Å²) >= 11 is 5.61. The van der Waals surface area contributed by atoms with E-state index in [-0.39, 0.29) is 18.0 Å². The summed E-state index contributed by atoms with van der Waals surface area (Å²) in [6, 6.07) is 17.5. The van der Waals surface area contributed by atoms with Crippen molar-refractivity contribution in [3.05, 3.63) is 83.9 Å². The number of anilines is 1. The van der Waals surface area contributed by atoms with Crippen LogP contribution < -0.4 is 10.6 Å². The Balaban J connectivity index is 1.49. The fourth-order valence-electron chi connectivity index (χ4n) is 3.68. The van der Waals surface area contributed by atoms with Crippen molar-refractivity contribution in [1.82, 2.24) is 20.2 Å². The van der Waals surface area contributed by atoms with Crippen molar-refractivity contribution in [1.29, 1.82) is 0 Å². The number of carbonyl (C=O) groups excluding carboxylic acids is 1. The van der Waals surface area contributed by atoms with Crippen molar-refractivity contribution >= 4 is 28.9 Å². The molecule has 29 heavy (non-hydrogen) atoms. The number of aryl methyl sites for hydroxylation is 1. The molecular weight excluding hydrogens is 382 g/mol. The van der Waals surface area contributed by atoms with Crippen LogP contribution in [0.1, 0.15) is 35.5 Å². The summed E-state index contributed by atoms with van der Waals surface area (Å²) in [5.41, 5.74) is 3.87. The Morgan fingerprint density at radius 2 is 2.10 bits per heavy atom. The summed E-state index contributed by atoms with van der Waals surface area (Å²) in [6.45, 7) is 2.51. The molecule has 0 unspecified atom stereocenters. The maximum atomic E-state index is 12.5. The van der Waals surface area contributed by atoms with Gasteiger partial charge in [-0.3, -0.25) is 9.78 Å². The van der Waals surface area contributed by atoms with Crippen LogP contribution in [0.4, 0.5) is 5.69 Å². The molecule has 2 aromatic heterocycles. The van der Waals surface area contributed by atoms with Gasteiger partial charge in [-0.05, 0) is 61.1 Å². The van der Waals surface area contributed by atoms with E-state index in [4.69, 9.17) is 12.2 Å². The number of thiocarbonyl (C=S) groups is 1. The number of aromatic amines is 1. The van der Waals surface area contributed by atoms with Gasteiger partial charge in [-0.25, -0.2) is 0 Å². The molecule has 7 heteroatoms. The molecule has 1 fully saturated rings. The number of benzene rings is 1. The van der Waals surface area contributed by atoms with Crippen LogP contribution in [0, 0.1) is 6.92 Å². The maximum Gasteiger partial charge on any atom is 0.226 e. The average molecular weight is 406 g/mol. The van der Waals surface area contributed by atoms with Gasteiger partial charge in [-0.2, -0.15) is 0 Å². The Labute approximate surface area is 175 Å². The predicted octanol–water partition coefficient (Wildman–Crippen LogP) is 3.72. The monoisotopic (exact) mass is 405 g/mol. The number of hydrogen-bond donors (Lipinski definition) is 3. The Morgan fingerprint density at radius 3 is 2.83 bits per heavy atom. The van der Waals surface area contributed by atoms with E-state index >= 15 is 0 Å². The highest BCUT2D eigenvalue weighted by atomic mass is 32.1.